The van der Waals surface area contributed by atoms with Gasteiger partial charge in [-0.1, -0.05) is 211 Å². The quantitative estimate of drug-likeness (QED) is 0.0211. The maximum Gasteiger partial charge on any atom is 0.361 e. The number of aliphatic carboxylic acids is 1. The Bertz CT molecular complexity index is 1730. The SMILES string of the molecule is CC/C=C\C/C=C\C/C=C\C/C=C\C/C=C\C/C=C\C/C=C\C/C=C\C/C=C\CCCCCCCCCC(=O)OC(COC(=O)CCCCCCC/C=C\C/C=C\C/C=C\CC)COC(OCC[N+](C)(C)C)C(=O)O. The summed E-state index contributed by atoms with van der Waals surface area (Å²) >= 11 is 0. The molecule has 9 nitrogen and oxygen atoms in total. The molecule has 0 radical (unpaired) electrons. The summed E-state index contributed by atoms with van der Waals surface area (Å²) in [6.07, 6.45) is 77.8. The predicted octanol–water partition coefficient (Wildman–Crippen LogP) is 17.2. The second kappa shape index (κ2) is 55.4. The molecule has 0 aromatic heterocycles. The summed E-state index contributed by atoms with van der Waals surface area (Å²) in [5.41, 5.74) is 0. The first-order chi connectivity index (χ1) is 36.6. The highest BCUT2D eigenvalue weighted by molar-refractivity contribution is 5.71. The summed E-state index contributed by atoms with van der Waals surface area (Å²) in [6, 6.07) is 0. The molecule has 0 aromatic rings. The maximum atomic E-state index is 12.9. The molecule has 75 heavy (non-hydrogen) atoms. The molecule has 0 aliphatic rings. The number of carbonyl (C=O) groups is 3. The molecule has 0 rings (SSSR count). The summed E-state index contributed by atoms with van der Waals surface area (Å²) in [6.45, 7) is 4.58. The molecule has 0 aliphatic carbocycles. The van der Waals surface area contributed by atoms with Crippen molar-refractivity contribution >= 4 is 17.9 Å². The van der Waals surface area contributed by atoms with Crippen LogP contribution in [0.3, 0.4) is 0 Å². The van der Waals surface area contributed by atoms with E-state index in [1.54, 1.807) is 0 Å². The van der Waals surface area contributed by atoms with Gasteiger partial charge in [0.15, 0.2) is 6.10 Å². The molecule has 0 aromatic carbocycles. The smallest absolute Gasteiger partial charge is 0.361 e. The highest BCUT2D eigenvalue weighted by Crippen LogP contribution is 2.13. The van der Waals surface area contributed by atoms with Crippen molar-refractivity contribution in [3.05, 3.63) is 146 Å². The van der Waals surface area contributed by atoms with Crippen molar-refractivity contribution in [2.24, 2.45) is 0 Å². The van der Waals surface area contributed by atoms with Crippen LogP contribution in [0, 0.1) is 0 Å². The van der Waals surface area contributed by atoms with E-state index in [1.165, 1.54) is 19.3 Å². The molecule has 0 fully saturated rings. The lowest BCUT2D eigenvalue weighted by Crippen LogP contribution is -2.40. The molecule has 2 unspecified atom stereocenters. The Hall–Kier alpha value is -4.83. The first kappa shape index (κ1) is 70.2. The standard InChI is InChI=1S/C66H105NO8/c1-6-8-10-12-14-16-18-20-22-23-24-25-26-27-28-29-30-31-32-33-34-35-36-37-38-39-40-41-43-45-47-49-51-53-55-57-64(69)75-62(61-74-66(65(70)71)72-59-58-67(3,4)5)60-73-63(68)56-54-52-50-48-46-44-42-21-19-17-15-13-11-9-7-2/h8-11,14-17,20-22,24-25,27-28,30-31,33-34,36-37,39-40,42,62,66H,6-7,12-13,18-19,23,26,29,32,35,38,41,43-61H2,1-5H3/p+1/b10-8-,11-9-,16-14-,17-15-,22-20-,25-24-,28-27-,31-30-,34-33-,37-36-,40-39-,42-21-. The van der Waals surface area contributed by atoms with Gasteiger partial charge < -0.3 is 28.5 Å². The van der Waals surface area contributed by atoms with Crippen LogP contribution >= 0.6 is 0 Å². The lowest BCUT2D eigenvalue weighted by molar-refractivity contribution is -0.870. The highest BCUT2D eigenvalue weighted by Gasteiger charge is 2.25. The van der Waals surface area contributed by atoms with E-state index in [9.17, 15) is 19.5 Å². The van der Waals surface area contributed by atoms with E-state index < -0.39 is 24.3 Å². The molecule has 0 saturated heterocycles. The molecule has 0 heterocycles. The third-order valence-corrected chi connectivity index (χ3v) is 11.6. The van der Waals surface area contributed by atoms with Gasteiger partial charge in [-0.2, -0.15) is 0 Å². The van der Waals surface area contributed by atoms with Crippen molar-refractivity contribution in [2.75, 3.05) is 47.5 Å². The topological polar surface area (TPSA) is 108 Å². The van der Waals surface area contributed by atoms with Gasteiger partial charge in [-0.3, -0.25) is 9.59 Å². The Morgan fingerprint density at radius 2 is 0.720 bits per heavy atom. The molecule has 2 atom stereocenters. The van der Waals surface area contributed by atoms with Crippen molar-refractivity contribution in [3.63, 3.8) is 0 Å². The molecular weight excluding hydrogens is 935 g/mol. The first-order valence-corrected chi connectivity index (χ1v) is 29.0. The zero-order valence-corrected chi connectivity index (χ0v) is 47.9. The molecular formula is C66H106NO8+. The minimum absolute atomic E-state index is 0.174. The fourth-order valence-corrected chi connectivity index (χ4v) is 7.19. The Balaban J connectivity index is 4.27. The lowest BCUT2D eigenvalue weighted by atomic mass is 10.1. The normalized spacial score (nSPS) is 13.9. The number of carboxylic acid groups (broad SMARTS) is 1. The van der Waals surface area contributed by atoms with Gasteiger partial charge in [-0.25, -0.2) is 4.79 Å². The molecule has 9 heteroatoms. The minimum atomic E-state index is -1.53. The largest absolute Gasteiger partial charge is 0.477 e. The van der Waals surface area contributed by atoms with E-state index in [0.29, 0.717) is 17.4 Å². The summed E-state index contributed by atoms with van der Waals surface area (Å²) < 4.78 is 22.8. The van der Waals surface area contributed by atoms with Gasteiger partial charge in [-0.05, 0) is 116 Å². The number of esters is 2. The van der Waals surface area contributed by atoms with Gasteiger partial charge in [0.1, 0.15) is 13.2 Å². The molecule has 0 amide bonds. The average Bonchev–Trinajstić information content (AvgIpc) is 3.38. The monoisotopic (exact) mass is 1040 g/mol. The number of ether oxygens (including phenoxy) is 4. The third-order valence-electron chi connectivity index (χ3n) is 11.6. The van der Waals surface area contributed by atoms with Crippen molar-refractivity contribution in [2.45, 2.75) is 206 Å². The zero-order valence-electron chi connectivity index (χ0n) is 47.9. The van der Waals surface area contributed by atoms with Crippen LogP contribution in [0.1, 0.15) is 194 Å². The summed E-state index contributed by atoms with van der Waals surface area (Å²) in [5.74, 6) is -2.06. The number of nitrogens with zero attached hydrogens (tertiary/aromatic N) is 1. The van der Waals surface area contributed by atoms with Crippen LogP contribution in [0.4, 0.5) is 0 Å². The fourth-order valence-electron chi connectivity index (χ4n) is 7.19. The van der Waals surface area contributed by atoms with Gasteiger partial charge in [0, 0.05) is 12.8 Å². The number of allylic oxidation sites excluding steroid dienone is 24. The van der Waals surface area contributed by atoms with Crippen LogP contribution in [-0.2, 0) is 33.3 Å². The van der Waals surface area contributed by atoms with Crippen molar-refractivity contribution < 1.29 is 42.9 Å². The van der Waals surface area contributed by atoms with E-state index in [2.05, 4.69) is 160 Å². The van der Waals surface area contributed by atoms with Crippen LogP contribution in [0.15, 0.2) is 146 Å². The number of rotatable bonds is 51. The summed E-state index contributed by atoms with van der Waals surface area (Å²) in [4.78, 5) is 37.4. The molecule has 0 bridgehead atoms. The average molecular weight is 1040 g/mol. The number of quaternary nitrogens is 1. The van der Waals surface area contributed by atoms with E-state index >= 15 is 0 Å². The fraction of sp³-hybridized carbons (Fsp3) is 0.591. The van der Waals surface area contributed by atoms with E-state index in [-0.39, 0.29) is 38.6 Å². The number of carboxylic acids is 1. The lowest BCUT2D eigenvalue weighted by Gasteiger charge is -2.25. The second-order valence-electron chi connectivity index (χ2n) is 19.8. The number of carbonyl (C=O) groups excluding carboxylic acids is 2. The molecule has 1 N–H and O–H groups in total. The van der Waals surface area contributed by atoms with E-state index in [4.69, 9.17) is 18.9 Å². The van der Waals surface area contributed by atoms with E-state index in [0.717, 1.165) is 141 Å². The number of likely N-dealkylation sites (N-methyl/N-ethyl adjacent to an activating group) is 1. The van der Waals surface area contributed by atoms with Gasteiger partial charge in [0.05, 0.1) is 34.4 Å². The second-order valence-corrected chi connectivity index (χ2v) is 19.8. The Kier molecular flexibility index (Phi) is 51.8. The van der Waals surface area contributed by atoms with Crippen molar-refractivity contribution in [1.82, 2.24) is 0 Å². The number of hydrogen-bond acceptors (Lipinski definition) is 7. The third kappa shape index (κ3) is 56.7. The van der Waals surface area contributed by atoms with Gasteiger partial charge in [0.25, 0.3) is 6.29 Å². The van der Waals surface area contributed by atoms with Gasteiger partial charge in [0.2, 0.25) is 0 Å². The van der Waals surface area contributed by atoms with Crippen LogP contribution in [0.25, 0.3) is 0 Å². The highest BCUT2D eigenvalue weighted by atomic mass is 16.7. The predicted molar refractivity (Wildman–Crippen MR) is 317 cm³/mol. The minimum Gasteiger partial charge on any atom is -0.477 e. The molecule has 0 saturated carbocycles. The van der Waals surface area contributed by atoms with Crippen LogP contribution in [0.5, 0.6) is 0 Å². The number of unbranched alkanes of at least 4 members (excludes halogenated alkanes) is 12. The molecule has 0 aliphatic heterocycles. The van der Waals surface area contributed by atoms with E-state index in [1.807, 2.05) is 21.1 Å². The Morgan fingerprint density at radius 1 is 0.400 bits per heavy atom. The summed E-state index contributed by atoms with van der Waals surface area (Å²) in [7, 11) is 5.94. The zero-order chi connectivity index (χ0) is 54.8. The van der Waals surface area contributed by atoms with Gasteiger partial charge in [-0.15, -0.1) is 0 Å². The van der Waals surface area contributed by atoms with Crippen LogP contribution in [-0.4, -0.2) is 87.4 Å². The summed E-state index contributed by atoms with van der Waals surface area (Å²) in [5, 5.41) is 9.69. The number of hydrogen-bond donors (Lipinski definition) is 1. The first-order valence-electron chi connectivity index (χ1n) is 29.0. The molecule has 422 valence electrons. The maximum absolute atomic E-state index is 12.9. The molecule has 0 spiro atoms. The van der Waals surface area contributed by atoms with Crippen LogP contribution < -0.4 is 0 Å². The van der Waals surface area contributed by atoms with Crippen molar-refractivity contribution in [1.29, 1.82) is 0 Å². The van der Waals surface area contributed by atoms with Crippen LogP contribution in [0.2, 0.25) is 0 Å². The van der Waals surface area contributed by atoms with Crippen molar-refractivity contribution in [3.8, 4) is 0 Å². The van der Waals surface area contributed by atoms with Gasteiger partial charge >= 0.3 is 17.9 Å². The Morgan fingerprint density at radius 3 is 1.07 bits per heavy atom. The Labute approximate surface area is 458 Å².